The van der Waals surface area contributed by atoms with E-state index in [2.05, 4.69) is 4.98 Å². The molecule has 18 heavy (non-hydrogen) atoms. The van der Waals surface area contributed by atoms with Gasteiger partial charge in [0.1, 0.15) is 5.75 Å². The van der Waals surface area contributed by atoms with Crippen molar-refractivity contribution in [2.45, 2.75) is 13.0 Å². The molecule has 1 aromatic heterocycles. The summed E-state index contributed by atoms with van der Waals surface area (Å²) >= 11 is 0. The third kappa shape index (κ3) is 2.84. The fraction of sp³-hybridized carbons (Fsp3) is 0.143. The normalized spacial score (nSPS) is 11.6. The molecule has 2 aromatic rings. The second-order valence-corrected chi connectivity index (χ2v) is 3.84. The van der Waals surface area contributed by atoms with Crippen LogP contribution in [0.15, 0.2) is 42.6 Å². The number of nitrogens with zero attached hydrogens (tertiary/aromatic N) is 2. The van der Waals surface area contributed by atoms with Crippen LogP contribution in [-0.2, 0) is 0 Å². The molecule has 0 amide bonds. The first-order valence-electron chi connectivity index (χ1n) is 5.51. The molecule has 0 aliphatic heterocycles. The van der Waals surface area contributed by atoms with Gasteiger partial charge in [-0.15, -0.1) is 0 Å². The van der Waals surface area contributed by atoms with Crippen molar-refractivity contribution < 1.29 is 9.84 Å². The minimum absolute atomic E-state index is 0.448. The van der Waals surface area contributed by atoms with Crippen molar-refractivity contribution >= 4 is 0 Å². The highest BCUT2D eigenvalue weighted by atomic mass is 16.5. The third-order valence-corrected chi connectivity index (χ3v) is 2.45. The fourth-order valence-corrected chi connectivity index (χ4v) is 1.42. The first-order chi connectivity index (χ1) is 8.69. The Labute approximate surface area is 105 Å². The van der Waals surface area contributed by atoms with Crippen LogP contribution in [0.4, 0.5) is 0 Å². The number of hydrogen-bond donors (Lipinski definition) is 1. The van der Waals surface area contributed by atoms with Gasteiger partial charge in [-0.05, 0) is 42.8 Å². The van der Waals surface area contributed by atoms with Crippen LogP contribution in [0.1, 0.15) is 24.2 Å². The smallest absolute Gasteiger partial charge is 0.219 e. The molecule has 1 N–H and O–H groups in total. The van der Waals surface area contributed by atoms with Crippen molar-refractivity contribution in [2.24, 2.45) is 0 Å². The number of hydrogen-bond acceptors (Lipinski definition) is 4. The summed E-state index contributed by atoms with van der Waals surface area (Å²) in [6, 6.07) is 12.3. The van der Waals surface area contributed by atoms with Gasteiger partial charge in [0.15, 0.2) is 0 Å². The number of aromatic nitrogens is 1. The maximum atomic E-state index is 9.35. The van der Waals surface area contributed by atoms with Gasteiger partial charge >= 0.3 is 0 Å². The first kappa shape index (κ1) is 12.1. The predicted octanol–water partition coefficient (Wildman–Crippen LogP) is 2.80. The zero-order valence-corrected chi connectivity index (χ0v) is 9.87. The molecular weight excluding hydrogens is 228 g/mol. The Hall–Kier alpha value is -2.38. The summed E-state index contributed by atoms with van der Waals surface area (Å²) in [7, 11) is 0. The van der Waals surface area contributed by atoms with Crippen LogP contribution in [0.25, 0.3) is 0 Å². The van der Waals surface area contributed by atoms with Crippen LogP contribution in [0.5, 0.6) is 11.6 Å². The lowest BCUT2D eigenvalue weighted by Crippen LogP contribution is -1.93. The lowest BCUT2D eigenvalue weighted by atomic mass is 10.2. The van der Waals surface area contributed by atoms with Gasteiger partial charge in [-0.25, -0.2) is 4.98 Å². The standard InChI is InChI=1S/C14H12N2O2/c1-10(17)12-4-7-14(16-9-12)18-13-5-2-11(8-15)3-6-13/h2-7,9-10,17H,1H3. The minimum Gasteiger partial charge on any atom is -0.439 e. The van der Waals surface area contributed by atoms with Crippen molar-refractivity contribution in [3.05, 3.63) is 53.7 Å². The lowest BCUT2D eigenvalue weighted by molar-refractivity contribution is 0.198. The Bertz CT molecular complexity index is 554. The molecule has 0 bridgehead atoms. The molecule has 0 fully saturated rings. The molecule has 1 heterocycles. The number of rotatable bonds is 3. The summed E-state index contributed by atoms with van der Waals surface area (Å²) in [6.07, 6.45) is 1.03. The van der Waals surface area contributed by atoms with E-state index in [4.69, 9.17) is 10.00 Å². The molecule has 4 nitrogen and oxygen atoms in total. The fourth-order valence-electron chi connectivity index (χ4n) is 1.42. The van der Waals surface area contributed by atoms with Gasteiger partial charge < -0.3 is 9.84 Å². The van der Waals surface area contributed by atoms with Crippen molar-refractivity contribution in [1.82, 2.24) is 4.98 Å². The third-order valence-electron chi connectivity index (χ3n) is 2.45. The van der Waals surface area contributed by atoms with Crippen molar-refractivity contribution in [1.29, 1.82) is 5.26 Å². The van der Waals surface area contributed by atoms with Gasteiger partial charge in [0.05, 0.1) is 17.7 Å². The zero-order valence-electron chi connectivity index (χ0n) is 9.87. The van der Waals surface area contributed by atoms with Crippen LogP contribution in [0.3, 0.4) is 0 Å². The molecule has 1 atom stereocenters. The Kier molecular flexibility index (Phi) is 3.56. The molecule has 90 valence electrons. The van der Waals surface area contributed by atoms with Gasteiger partial charge in [0, 0.05) is 12.3 Å². The average molecular weight is 240 g/mol. The minimum atomic E-state index is -0.540. The highest BCUT2D eigenvalue weighted by molar-refractivity contribution is 5.36. The number of benzene rings is 1. The lowest BCUT2D eigenvalue weighted by Gasteiger charge is -2.07. The van der Waals surface area contributed by atoms with Crippen molar-refractivity contribution in [2.75, 3.05) is 0 Å². The number of aliphatic hydroxyl groups is 1. The largest absolute Gasteiger partial charge is 0.439 e. The molecule has 0 saturated carbocycles. The van der Waals surface area contributed by atoms with Crippen molar-refractivity contribution in [3.8, 4) is 17.7 Å². The number of nitriles is 1. The average Bonchev–Trinajstić information content (AvgIpc) is 2.40. The number of ether oxygens (including phenoxy) is 1. The zero-order chi connectivity index (χ0) is 13.0. The molecule has 0 spiro atoms. The molecule has 0 radical (unpaired) electrons. The van der Waals surface area contributed by atoms with E-state index in [9.17, 15) is 5.11 Å². The van der Waals surface area contributed by atoms with E-state index in [1.165, 1.54) is 0 Å². The summed E-state index contributed by atoms with van der Waals surface area (Å²) in [6.45, 7) is 1.68. The Morgan fingerprint density at radius 2 is 1.94 bits per heavy atom. The molecular formula is C14H12N2O2. The van der Waals surface area contributed by atoms with Gasteiger partial charge in [-0.1, -0.05) is 0 Å². The van der Waals surface area contributed by atoms with Gasteiger partial charge in [-0.3, -0.25) is 0 Å². The topological polar surface area (TPSA) is 66.1 Å². The van der Waals surface area contributed by atoms with Crippen LogP contribution in [-0.4, -0.2) is 10.1 Å². The van der Waals surface area contributed by atoms with E-state index in [1.54, 1.807) is 49.5 Å². The summed E-state index contributed by atoms with van der Waals surface area (Å²) in [5, 5.41) is 18.0. The highest BCUT2D eigenvalue weighted by Gasteiger charge is 2.03. The van der Waals surface area contributed by atoms with E-state index >= 15 is 0 Å². The second kappa shape index (κ2) is 5.30. The maximum Gasteiger partial charge on any atom is 0.219 e. The number of pyridine rings is 1. The monoisotopic (exact) mass is 240 g/mol. The maximum absolute atomic E-state index is 9.35. The summed E-state index contributed by atoms with van der Waals surface area (Å²) in [5.74, 6) is 1.07. The Morgan fingerprint density at radius 3 is 2.44 bits per heavy atom. The van der Waals surface area contributed by atoms with Crippen LogP contribution < -0.4 is 4.74 Å². The Balaban J connectivity index is 2.11. The van der Waals surface area contributed by atoms with Crippen molar-refractivity contribution in [3.63, 3.8) is 0 Å². The van der Waals surface area contributed by atoms with Gasteiger partial charge in [0.25, 0.3) is 0 Å². The number of aliphatic hydroxyl groups excluding tert-OH is 1. The summed E-state index contributed by atoms with van der Waals surface area (Å²) in [5.41, 5.74) is 1.32. The SMILES string of the molecule is CC(O)c1ccc(Oc2ccc(C#N)cc2)nc1. The molecule has 0 aliphatic carbocycles. The first-order valence-corrected chi connectivity index (χ1v) is 5.51. The van der Waals surface area contributed by atoms with Crippen LogP contribution in [0.2, 0.25) is 0 Å². The predicted molar refractivity (Wildman–Crippen MR) is 66.1 cm³/mol. The summed E-state index contributed by atoms with van der Waals surface area (Å²) < 4.78 is 5.51. The molecule has 0 saturated heterocycles. The van der Waals surface area contributed by atoms with Gasteiger partial charge in [0.2, 0.25) is 5.88 Å². The molecule has 0 aliphatic rings. The quantitative estimate of drug-likeness (QED) is 0.895. The second-order valence-electron chi connectivity index (χ2n) is 3.84. The van der Waals surface area contributed by atoms with E-state index < -0.39 is 6.10 Å². The van der Waals surface area contributed by atoms with Crippen LogP contribution in [0, 0.1) is 11.3 Å². The summed E-state index contributed by atoms with van der Waals surface area (Å²) in [4.78, 5) is 4.09. The molecule has 2 rings (SSSR count). The molecule has 1 aromatic carbocycles. The van der Waals surface area contributed by atoms with E-state index in [1.807, 2.05) is 6.07 Å². The Morgan fingerprint density at radius 1 is 1.22 bits per heavy atom. The molecule has 1 unspecified atom stereocenters. The van der Waals surface area contributed by atoms with Gasteiger partial charge in [-0.2, -0.15) is 5.26 Å². The van der Waals surface area contributed by atoms with E-state index in [-0.39, 0.29) is 0 Å². The van der Waals surface area contributed by atoms with E-state index in [0.717, 1.165) is 5.56 Å². The van der Waals surface area contributed by atoms with Crippen LogP contribution >= 0.6 is 0 Å². The van der Waals surface area contributed by atoms with E-state index in [0.29, 0.717) is 17.2 Å². The molecule has 4 heteroatoms. The highest BCUT2D eigenvalue weighted by Crippen LogP contribution is 2.21.